The van der Waals surface area contributed by atoms with Gasteiger partial charge in [-0.05, 0) is 6.42 Å². The molecule has 0 aliphatic carbocycles. The molecular weight excluding hydrogens is 134 g/mol. The molecule has 0 bridgehead atoms. The number of rotatable bonds is 2. The molecular formula is C6H13NOS. The molecule has 0 heterocycles. The van der Waals surface area contributed by atoms with Crippen molar-refractivity contribution in [1.29, 1.82) is 0 Å². The lowest BCUT2D eigenvalue weighted by Gasteiger charge is -2.17. The maximum Gasteiger partial charge on any atom is 0.106 e. The van der Waals surface area contributed by atoms with Gasteiger partial charge in [-0.3, -0.25) is 0 Å². The van der Waals surface area contributed by atoms with Crippen LogP contribution >= 0.6 is 12.2 Å². The molecule has 0 aromatic heterocycles. The number of hydrogen-bond acceptors (Lipinski definition) is 2. The van der Waals surface area contributed by atoms with Gasteiger partial charge in [0.1, 0.15) is 11.1 Å². The first-order chi connectivity index (χ1) is 4.09. The second-order valence-corrected chi connectivity index (χ2v) is 2.57. The van der Waals surface area contributed by atoms with Crippen LogP contribution in [0.25, 0.3) is 0 Å². The molecule has 9 heavy (non-hydrogen) atoms. The Morgan fingerprint density at radius 1 is 1.67 bits per heavy atom. The molecule has 0 unspecified atom stereocenters. The van der Waals surface area contributed by atoms with E-state index in [0.29, 0.717) is 11.4 Å². The molecule has 0 aliphatic rings. The monoisotopic (exact) mass is 147 g/mol. The largest absolute Gasteiger partial charge is 0.386 e. The van der Waals surface area contributed by atoms with Crippen LogP contribution in [0.4, 0.5) is 0 Å². The van der Waals surface area contributed by atoms with Crippen LogP contribution in [-0.2, 0) is 0 Å². The van der Waals surface area contributed by atoms with Crippen LogP contribution in [0.3, 0.4) is 0 Å². The molecule has 0 fully saturated rings. The highest BCUT2D eigenvalue weighted by Gasteiger charge is 2.08. The normalized spacial score (nSPS) is 12.9. The van der Waals surface area contributed by atoms with Crippen molar-refractivity contribution in [3.8, 4) is 0 Å². The highest BCUT2D eigenvalue weighted by Crippen LogP contribution is 1.95. The van der Waals surface area contributed by atoms with Crippen molar-refractivity contribution >= 4 is 17.2 Å². The van der Waals surface area contributed by atoms with Gasteiger partial charge in [0.05, 0.1) is 0 Å². The lowest BCUT2D eigenvalue weighted by Crippen LogP contribution is -2.31. The second-order valence-electron chi connectivity index (χ2n) is 2.16. The summed E-state index contributed by atoms with van der Waals surface area (Å²) in [7, 11) is 3.67. The Kier molecular flexibility index (Phi) is 3.73. The highest BCUT2D eigenvalue weighted by molar-refractivity contribution is 7.80. The molecule has 0 rings (SSSR count). The van der Waals surface area contributed by atoms with E-state index >= 15 is 0 Å². The highest BCUT2D eigenvalue weighted by atomic mass is 32.1. The molecule has 3 heteroatoms. The Labute approximate surface area is 61.5 Å². The van der Waals surface area contributed by atoms with Gasteiger partial charge in [0.2, 0.25) is 0 Å². The zero-order chi connectivity index (χ0) is 7.44. The number of thiocarbonyl (C=S) groups is 1. The summed E-state index contributed by atoms with van der Waals surface area (Å²) in [6, 6.07) is 0. The Morgan fingerprint density at radius 3 is 2.22 bits per heavy atom. The van der Waals surface area contributed by atoms with E-state index in [2.05, 4.69) is 0 Å². The standard InChI is InChI=1S/C6H13NOS/c1-4-5(8)6(9)7(2)3/h5,8H,4H2,1-3H3/t5-/m1/s1. The molecule has 0 saturated heterocycles. The summed E-state index contributed by atoms with van der Waals surface area (Å²) in [4.78, 5) is 2.36. The van der Waals surface area contributed by atoms with Gasteiger partial charge < -0.3 is 10.0 Å². The van der Waals surface area contributed by atoms with E-state index in [-0.39, 0.29) is 0 Å². The zero-order valence-electron chi connectivity index (χ0n) is 6.09. The minimum absolute atomic E-state index is 0.449. The number of aliphatic hydroxyl groups excluding tert-OH is 1. The van der Waals surface area contributed by atoms with E-state index < -0.39 is 6.10 Å². The van der Waals surface area contributed by atoms with E-state index in [4.69, 9.17) is 17.3 Å². The van der Waals surface area contributed by atoms with E-state index in [1.54, 1.807) is 4.90 Å². The van der Waals surface area contributed by atoms with Crippen molar-refractivity contribution in [3.63, 3.8) is 0 Å². The lowest BCUT2D eigenvalue weighted by atomic mass is 10.3. The Balaban J connectivity index is 3.73. The van der Waals surface area contributed by atoms with Crippen LogP contribution in [0, 0.1) is 0 Å². The molecule has 2 nitrogen and oxygen atoms in total. The van der Waals surface area contributed by atoms with Gasteiger partial charge in [-0.15, -0.1) is 0 Å². The first kappa shape index (κ1) is 8.85. The van der Waals surface area contributed by atoms with Crippen molar-refractivity contribution < 1.29 is 5.11 Å². The van der Waals surface area contributed by atoms with E-state index in [1.165, 1.54) is 0 Å². The maximum atomic E-state index is 9.11. The van der Waals surface area contributed by atoms with Gasteiger partial charge in [0, 0.05) is 14.1 Å². The fourth-order valence-electron chi connectivity index (χ4n) is 0.473. The Hall–Kier alpha value is -0.150. The maximum absolute atomic E-state index is 9.11. The zero-order valence-corrected chi connectivity index (χ0v) is 6.90. The summed E-state index contributed by atoms with van der Waals surface area (Å²) in [6.45, 7) is 1.90. The molecule has 1 N–H and O–H groups in total. The lowest BCUT2D eigenvalue weighted by molar-refractivity contribution is 0.227. The molecule has 0 aliphatic heterocycles. The minimum atomic E-state index is -0.449. The fraction of sp³-hybridized carbons (Fsp3) is 0.833. The SMILES string of the molecule is CC[C@@H](O)C(=S)N(C)C. The van der Waals surface area contributed by atoms with Crippen LogP contribution < -0.4 is 0 Å². The number of likely N-dealkylation sites (N-methyl/N-ethyl adjacent to an activating group) is 1. The quantitative estimate of drug-likeness (QED) is 0.580. The summed E-state index contributed by atoms with van der Waals surface area (Å²) < 4.78 is 0. The Morgan fingerprint density at radius 2 is 2.11 bits per heavy atom. The third-order valence-electron chi connectivity index (χ3n) is 1.11. The molecule has 1 atom stereocenters. The average molecular weight is 147 g/mol. The van der Waals surface area contributed by atoms with E-state index in [0.717, 1.165) is 0 Å². The molecule has 0 aromatic carbocycles. The molecule has 0 amide bonds. The first-order valence-corrected chi connectivity index (χ1v) is 3.39. The van der Waals surface area contributed by atoms with E-state index in [1.807, 2.05) is 21.0 Å². The summed E-state index contributed by atoms with van der Waals surface area (Å²) in [5.74, 6) is 0. The van der Waals surface area contributed by atoms with Crippen molar-refractivity contribution in [3.05, 3.63) is 0 Å². The minimum Gasteiger partial charge on any atom is -0.386 e. The van der Waals surface area contributed by atoms with Gasteiger partial charge in [-0.2, -0.15) is 0 Å². The summed E-state index contributed by atoms with van der Waals surface area (Å²) >= 11 is 4.88. The smallest absolute Gasteiger partial charge is 0.106 e. The Bertz CT molecular complexity index is 103. The van der Waals surface area contributed by atoms with Gasteiger partial charge in [0.25, 0.3) is 0 Å². The van der Waals surface area contributed by atoms with Crippen molar-refractivity contribution in [1.82, 2.24) is 4.90 Å². The summed E-state index contributed by atoms with van der Waals surface area (Å²) in [5.41, 5.74) is 0. The third-order valence-corrected chi connectivity index (χ3v) is 1.75. The number of aliphatic hydroxyl groups is 1. The average Bonchev–Trinajstić information content (AvgIpc) is 1.84. The van der Waals surface area contributed by atoms with Crippen LogP contribution in [-0.4, -0.2) is 35.2 Å². The predicted molar refractivity (Wildman–Crippen MR) is 42.6 cm³/mol. The van der Waals surface area contributed by atoms with Crippen molar-refractivity contribution in [2.45, 2.75) is 19.4 Å². The first-order valence-electron chi connectivity index (χ1n) is 2.98. The fourth-order valence-corrected chi connectivity index (χ4v) is 0.639. The van der Waals surface area contributed by atoms with Crippen molar-refractivity contribution in [2.75, 3.05) is 14.1 Å². The number of nitrogens with zero attached hydrogens (tertiary/aromatic N) is 1. The molecule has 0 saturated carbocycles. The van der Waals surface area contributed by atoms with Crippen LogP contribution in [0.5, 0.6) is 0 Å². The topological polar surface area (TPSA) is 23.5 Å². The van der Waals surface area contributed by atoms with Crippen molar-refractivity contribution in [2.24, 2.45) is 0 Å². The van der Waals surface area contributed by atoms with Crippen LogP contribution in [0.1, 0.15) is 13.3 Å². The summed E-state index contributed by atoms with van der Waals surface area (Å²) in [6.07, 6.45) is 0.242. The molecule has 0 spiro atoms. The van der Waals surface area contributed by atoms with Gasteiger partial charge >= 0.3 is 0 Å². The molecule has 0 radical (unpaired) electrons. The molecule has 54 valence electrons. The van der Waals surface area contributed by atoms with E-state index in [9.17, 15) is 0 Å². The van der Waals surface area contributed by atoms with Gasteiger partial charge in [0.15, 0.2) is 0 Å². The van der Waals surface area contributed by atoms with Gasteiger partial charge in [-0.25, -0.2) is 0 Å². The summed E-state index contributed by atoms with van der Waals surface area (Å²) in [5, 5.41) is 9.11. The third kappa shape index (κ3) is 2.77. The van der Waals surface area contributed by atoms with Gasteiger partial charge in [-0.1, -0.05) is 19.1 Å². The second kappa shape index (κ2) is 3.80. The van der Waals surface area contributed by atoms with Crippen LogP contribution in [0.2, 0.25) is 0 Å². The molecule has 0 aromatic rings. The van der Waals surface area contributed by atoms with Crippen LogP contribution in [0.15, 0.2) is 0 Å². The predicted octanol–water partition coefficient (Wildman–Crippen LogP) is 0.646. The number of hydrogen-bond donors (Lipinski definition) is 1.